The van der Waals surface area contributed by atoms with Crippen molar-refractivity contribution in [3.63, 3.8) is 0 Å². The Morgan fingerprint density at radius 3 is 1.43 bits per heavy atom. The topological polar surface area (TPSA) is 3.24 Å². The summed E-state index contributed by atoms with van der Waals surface area (Å²) in [6, 6.07) is 82.5. The summed E-state index contributed by atoms with van der Waals surface area (Å²) in [7, 11) is 0. The van der Waals surface area contributed by atoms with Gasteiger partial charge in [0.25, 0.3) is 0 Å². The number of anilines is 3. The lowest BCUT2D eigenvalue weighted by Crippen LogP contribution is -2.16. The van der Waals surface area contributed by atoms with E-state index in [1.54, 1.807) is 0 Å². The standard InChI is InChI=1S/C59H43N/c1-59(2)56-22-11-10-19-54(56)55-21-12-20-53(58(55)59)44-29-34-51(35-30-44)60(50-32-27-42(28-33-50)47-25-23-40-13-6-8-17-45(40)37-47)57-39-49(31-36-52(57)43-15-4-3-5-16-43)48-26-24-41-14-7-9-18-46(41)38-48/h3-39H,1-2H3. The molecule has 60 heavy (non-hydrogen) atoms. The molecular formula is C59H43N. The van der Waals surface area contributed by atoms with E-state index >= 15 is 0 Å². The van der Waals surface area contributed by atoms with E-state index < -0.39 is 0 Å². The normalized spacial score (nSPS) is 12.6. The fourth-order valence-corrected chi connectivity index (χ4v) is 9.60. The molecule has 0 fully saturated rings. The molecule has 10 aromatic rings. The van der Waals surface area contributed by atoms with Crippen molar-refractivity contribution >= 4 is 38.6 Å². The van der Waals surface area contributed by atoms with Gasteiger partial charge in [-0.05, 0) is 125 Å². The zero-order valence-electron chi connectivity index (χ0n) is 33.8. The first kappa shape index (κ1) is 35.7. The molecular weight excluding hydrogens is 723 g/mol. The molecule has 0 spiro atoms. The molecule has 1 nitrogen and oxygen atoms in total. The summed E-state index contributed by atoms with van der Waals surface area (Å²) in [5.41, 5.74) is 18.3. The first-order chi connectivity index (χ1) is 29.5. The molecule has 1 aliphatic carbocycles. The Bertz CT molecular complexity index is 3210. The maximum absolute atomic E-state index is 2.44. The summed E-state index contributed by atoms with van der Waals surface area (Å²) in [6.45, 7) is 4.74. The summed E-state index contributed by atoms with van der Waals surface area (Å²) in [5.74, 6) is 0. The van der Waals surface area contributed by atoms with Crippen molar-refractivity contribution in [2.24, 2.45) is 0 Å². The van der Waals surface area contributed by atoms with Crippen LogP contribution in [0.3, 0.4) is 0 Å². The molecule has 0 amide bonds. The van der Waals surface area contributed by atoms with Crippen molar-refractivity contribution in [1.82, 2.24) is 0 Å². The Kier molecular flexibility index (Phi) is 8.57. The van der Waals surface area contributed by atoms with E-state index in [0.29, 0.717) is 0 Å². The minimum atomic E-state index is -0.103. The summed E-state index contributed by atoms with van der Waals surface area (Å²) in [6.07, 6.45) is 0. The van der Waals surface area contributed by atoms with Crippen LogP contribution in [0.1, 0.15) is 25.0 Å². The molecule has 1 heteroatoms. The summed E-state index contributed by atoms with van der Waals surface area (Å²) < 4.78 is 0. The van der Waals surface area contributed by atoms with Crippen molar-refractivity contribution in [1.29, 1.82) is 0 Å². The van der Waals surface area contributed by atoms with Gasteiger partial charge in [0, 0.05) is 22.4 Å². The van der Waals surface area contributed by atoms with Gasteiger partial charge in [0.1, 0.15) is 0 Å². The van der Waals surface area contributed by atoms with Crippen LogP contribution in [0.4, 0.5) is 17.1 Å². The lowest BCUT2D eigenvalue weighted by atomic mass is 9.79. The highest BCUT2D eigenvalue weighted by molar-refractivity contribution is 5.95. The fraction of sp³-hybridized carbons (Fsp3) is 0.0508. The van der Waals surface area contributed by atoms with Crippen molar-refractivity contribution in [2.45, 2.75) is 19.3 Å². The number of hydrogen-bond donors (Lipinski definition) is 0. The quantitative estimate of drug-likeness (QED) is 0.156. The van der Waals surface area contributed by atoms with Crippen LogP contribution in [0, 0.1) is 0 Å². The molecule has 0 radical (unpaired) electrons. The predicted molar refractivity (Wildman–Crippen MR) is 255 cm³/mol. The van der Waals surface area contributed by atoms with Gasteiger partial charge >= 0.3 is 0 Å². The van der Waals surface area contributed by atoms with Crippen LogP contribution in [0.2, 0.25) is 0 Å². The highest BCUT2D eigenvalue weighted by Gasteiger charge is 2.37. The maximum atomic E-state index is 2.44. The molecule has 0 unspecified atom stereocenters. The van der Waals surface area contributed by atoms with Crippen LogP contribution in [-0.2, 0) is 5.41 Å². The van der Waals surface area contributed by atoms with Gasteiger partial charge in [-0.2, -0.15) is 0 Å². The van der Waals surface area contributed by atoms with Crippen molar-refractivity contribution in [3.8, 4) is 55.6 Å². The number of benzene rings is 10. The molecule has 1 aliphatic rings. The minimum absolute atomic E-state index is 0.103. The van der Waals surface area contributed by atoms with Gasteiger partial charge in [-0.25, -0.2) is 0 Å². The lowest BCUT2D eigenvalue weighted by Gasteiger charge is -2.29. The Morgan fingerprint density at radius 2 is 0.767 bits per heavy atom. The Labute approximate surface area is 352 Å². The van der Waals surface area contributed by atoms with E-state index in [0.717, 1.165) is 17.1 Å². The van der Waals surface area contributed by atoms with E-state index in [4.69, 9.17) is 0 Å². The molecule has 0 saturated heterocycles. The molecule has 11 rings (SSSR count). The van der Waals surface area contributed by atoms with Crippen LogP contribution in [-0.4, -0.2) is 0 Å². The van der Waals surface area contributed by atoms with Crippen LogP contribution in [0.25, 0.3) is 77.2 Å². The minimum Gasteiger partial charge on any atom is -0.310 e. The Morgan fingerprint density at radius 1 is 0.300 bits per heavy atom. The molecule has 0 atom stereocenters. The zero-order chi connectivity index (χ0) is 40.2. The average molecular weight is 766 g/mol. The van der Waals surface area contributed by atoms with E-state index in [2.05, 4.69) is 243 Å². The molecule has 284 valence electrons. The number of nitrogens with zero attached hydrogens (tertiary/aromatic N) is 1. The SMILES string of the molecule is CC1(C)c2ccccc2-c2cccc(-c3ccc(N(c4ccc(-c5ccc6ccccc6c5)cc4)c4cc(-c5ccc6ccccc6c5)ccc4-c4ccccc4)cc3)c21. The monoisotopic (exact) mass is 765 g/mol. The third-order valence-electron chi connectivity index (χ3n) is 12.6. The third-order valence-corrected chi connectivity index (χ3v) is 12.6. The second kappa shape index (κ2) is 14.4. The predicted octanol–water partition coefficient (Wildman–Crippen LogP) is 16.4. The van der Waals surface area contributed by atoms with Gasteiger partial charge < -0.3 is 4.90 Å². The van der Waals surface area contributed by atoms with Gasteiger partial charge in [-0.1, -0.05) is 196 Å². The Balaban J connectivity index is 1.07. The summed E-state index contributed by atoms with van der Waals surface area (Å²) in [5, 5.41) is 4.97. The first-order valence-corrected chi connectivity index (χ1v) is 20.9. The van der Waals surface area contributed by atoms with Crippen LogP contribution in [0.15, 0.2) is 224 Å². The number of hydrogen-bond acceptors (Lipinski definition) is 1. The molecule has 10 aromatic carbocycles. The molecule has 0 aromatic heterocycles. The van der Waals surface area contributed by atoms with E-state index in [1.165, 1.54) is 88.3 Å². The van der Waals surface area contributed by atoms with Gasteiger partial charge in [-0.15, -0.1) is 0 Å². The van der Waals surface area contributed by atoms with E-state index in [9.17, 15) is 0 Å². The molecule has 0 N–H and O–H groups in total. The lowest BCUT2D eigenvalue weighted by molar-refractivity contribution is 0.662. The smallest absolute Gasteiger partial charge is 0.0546 e. The van der Waals surface area contributed by atoms with Crippen molar-refractivity contribution in [2.75, 3.05) is 4.90 Å². The van der Waals surface area contributed by atoms with Crippen LogP contribution in [0.5, 0.6) is 0 Å². The van der Waals surface area contributed by atoms with Gasteiger partial charge in [0.2, 0.25) is 0 Å². The van der Waals surface area contributed by atoms with Crippen LogP contribution < -0.4 is 4.90 Å². The van der Waals surface area contributed by atoms with Gasteiger partial charge in [-0.3, -0.25) is 0 Å². The first-order valence-electron chi connectivity index (χ1n) is 20.9. The largest absolute Gasteiger partial charge is 0.310 e. The molecule has 0 saturated carbocycles. The van der Waals surface area contributed by atoms with E-state index in [-0.39, 0.29) is 5.41 Å². The Hall–Kier alpha value is -7.48. The molecule has 0 heterocycles. The summed E-state index contributed by atoms with van der Waals surface area (Å²) in [4.78, 5) is 2.44. The second-order valence-corrected chi connectivity index (χ2v) is 16.5. The van der Waals surface area contributed by atoms with Gasteiger partial charge in [0.05, 0.1) is 5.69 Å². The second-order valence-electron chi connectivity index (χ2n) is 16.5. The summed E-state index contributed by atoms with van der Waals surface area (Å²) >= 11 is 0. The average Bonchev–Trinajstić information content (AvgIpc) is 3.55. The highest BCUT2D eigenvalue weighted by Crippen LogP contribution is 2.52. The van der Waals surface area contributed by atoms with Gasteiger partial charge in [0.15, 0.2) is 0 Å². The molecule has 0 bridgehead atoms. The van der Waals surface area contributed by atoms with E-state index in [1.807, 2.05) is 0 Å². The molecule has 0 aliphatic heterocycles. The third kappa shape index (κ3) is 6.10. The number of rotatable bonds is 7. The zero-order valence-corrected chi connectivity index (χ0v) is 33.8. The van der Waals surface area contributed by atoms with Crippen LogP contribution >= 0.6 is 0 Å². The van der Waals surface area contributed by atoms with Crippen molar-refractivity contribution in [3.05, 3.63) is 236 Å². The number of fused-ring (bicyclic) bond motifs is 5. The fourth-order valence-electron chi connectivity index (χ4n) is 9.60. The van der Waals surface area contributed by atoms with Crippen molar-refractivity contribution < 1.29 is 0 Å². The maximum Gasteiger partial charge on any atom is 0.0546 e. The highest BCUT2D eigenvalue weighted by atomic mass is 15.1.